The van der Waals surface area contributed by atoms with Crippen molar-refractivity contribution >= 4 is 35.0 Å². The molecule has 2 aromatic rings. The van der Waals surface area contributed by atoms with Gasteiger partial charge in [-0.25, -0.2) is 0 Å². The van der Waals surface area contributed by atoms with E-state index in [2.05, 4.69) is 51.6 Å². The van der Waals surface area contributed by atoms with Crippen molar-refractivity contribution in [1.29, 1.82) is 0 Å². The maximum atomic E-state index is 5.97. The van der Waals surface area contributed by atoms with Crippen LogP contribution in [0.3, 0.4) is 0 Å². The van der Waals surface area contributed by atoms with E-state index in [0.29, 0.717) is 19.0 Å². The SMILES string of the molecule is C[Si](C)(C)CCO[C@@H](Br)c1cc2cc[nH]c2nc1OCCCN. The summed E-state index contributed by atoms with van der Waals surface area (Å²) in [4.78, 5) is 7.68. The number of halogens is 1. The number of nitrogens with one attached hydrogen (secondary N) is 1. The number of nitrogens with zero attached hydrogens (tertiary/aromatic N) is 1. The Balaban J connectivity index is 2.13. The molecule has 2 heterocycles. The van der Waals surface area contributed by atoms with Gasteiger partial charge in [0.25, 0.3) is 0 Å². The first kappa shape index (κ1) is 18.4. The number of nitrogens with two attached hydrogens (primary N) is 1. The van der Waals surface area contributed by atoms with Crippen LogP contribution in [0.4, 0.5) is 0 Å². The second-order valence-corrected chi connectivity index (χ2v) is 13.2. The molecule has 0 aromatic carbocycles. The lowest BCUT2D eigenvalue weighted by molar-refractivity contribution is 0.126. The van der Waals surface area contributed by atoms with Crippen LogP contribution in [0.25, 0.3) is 11.0 Å². The van der Waals surface area contributed by atoms with Gasteiger partial charge in [0.2, 0.25) is 5.88 Å². The van der Waals surface area contributed by atoms with Gasteiger partial charge in [-0.2, -0.15) is 4.98 Å². The molecule has 23 heavy (non-hydrogen) atoms. The summed E-state index contributed by atoms with van der Waals surface area (Å²) in [5, 5.41) is 0.822. The smallest absolute Gasteiger partial charge is 0.222 e. The highest BCUT2D eigenvalue weighted by atomic mass is 79.9. The maximum absolute atomic E-state index is 5.97. The fourth-order valence-corrected chi connectivity index (χ4v) is 3.32. The Labute approximate surface area is 147 Å². The van der Waals surface area contributed by atoms with Crippen molar-refractivity contribution in [1.82, 2.24) is 9.97 Å². The second-order valence-electron chi connectivity index (χ2n) is 6.79. The molecule has 0 saturated heterocycles. The molecule has 0 bridgehead atoms. The van der Waals surface area contributed by atoms with E-state index in [9.17, 15) is 0 Å². The topological polar surface area (TPSA) is 73.2 Å². The number of fused-ring (bicyclic) bond motifs is 1. The molecule has 0 saturated carbocycles. The molecule has 0 aliphatic heterocycles. The van der Waals surface area contributed by atoms with E-state index in [1.807, 2.05) is 12.3 Å². The van der Waals surface area contributed by atoms with Gasteiger partial charge in [-0.1, -0.05) is 35.6 Å². The first-order valence-electron chi connectivity index (χ1n) is 7.97. The lowest BCUT2D eigenvalue weighted by atomic mass is 10.2. The Hall–Kier alpha value is -0.893. The van der Waals surface area contributed by atoms with Crippen LogP contribution in [0, 0.1) is 0 Å². The molecule has 0 fully saturated rings. The Kier molecular flexibility index (Phi) is 6.64. The Morgan fingerprint density at radius 1 is 1.35 bits per heavy atom. The summed E-state index contributed by atoms with van der Waals surface area (Å²) in [6.45, 7) is 8.91. The molecule has 0 amide bonds. The first-order valence-corrected chi connectivity index (χ1v) is 12.6. The van der Waals surface area contributed by atoms with Crippen molar-refractivity contribution in [2.75, 3.05) is 19.8 Å². The van der Waals surface area contributed by atoms with Gasteiger partial charge in [0, 0.05) is 26.3 Å². The second kappa shape index (κ2) is 8.28. The number of aromatic nitrogens is 2. The van der Waals surface area contributed by atoms with E-state index in [1.165, 1.54) is 0 Å². The van der Waals surface area contributed by atoms with Gasteiger partial charge in [0.1, 0.15) is 10.7 Å². The van der Waals surface area contributed by atoms with E-state index < -0.39 is 8.07 Å². The standard InChI is InChI=1S/C16H26BrN3O2Si/c1-23(2,3)10-9-21-14(17)13-11-12-5-7-19-15(12)20-16(13)22-8-4-6-18/h5,7,11,14H,4,6,8-10,18H2,1-3H3,(H,19,20)/t14-/m1/s1. The molecule has 7 heteroatoms. The Bertz CT molecular complexity index is 627. The predicted octanol–water partition coefficient (Wildman–Crippen LogP) is 4.04. The minimum absolute atomic E-state index is 0.224. The van der Waals surface area contributed by atoms with E-state index in [1.54, 1.807) is 0 Å². The van der Waals surface area contributed by atoms with Gasteiger partial charge < -0.3 is 20.2 Å². The summed E-state index contributed by atoms with van der Waals surface area (Å²) in [6, 6.07) is 5.18. The molecule has 3 N–H and O–H groups in total. The number of H-pyrrole nitrogens is 1. The summed E-state index contributed by atoms with van der Waals surface area (Å²) in [5.74, 6) is 0.600. The molecule has 2 aromatic heterocycles. The normalized spacial score (nSPS) is 13.4. The monoisotopic (exact) mass is 399 g/mol. The fraction of sp³-hybridized carbons (Fsp3) is 0.562. The van der Waals surface area contributed by atoms with Gasteiger partial charge >= 0.3 is 0 Å². The molecule has 2 rings (SSSR count). The van der Waals surface area contributed by atoms with Gasteiger partial charge in [-0.3, -0.25) is 0 Å². The van der Waals surface area contributed by atoms with E-state index in [0.717, 1.165) is 35.7 Å². The highest BCUT2D eigenvalue weighted by Crippen LogP contribution is 2.33. The van der Waals surface area contributed by atoms with Crippen molar-refractivity contribution in [3.63, 3.8) is 0 Å². The number of pyridine rings is 1. The molecular weight excluding hydrogens is 374 g/mol. The quantitative estimate of drug-likeness (QED) is 0.379. The van der Waals surface area contributed by atoms with Gasteiger partial charge in [0.05, 0.1) is 12.2 Å². The summed E-state index contributed by atoms with van der Waals surface area (Å²) in [6.07, 6.45) is 2.67. The molecule has 0 aliphatic rings. The van der Waals surface area contributed by atoms with Crippen LogP contribution < -0.4 is 10.5 Å². The van der Waals surface area contributed by atoms with Crippen LogP contribution >= 0.6 is 15.9 Å². The molecule has 128 valence electrons. The van der Waals surface area contributed by atoms with Gasteiger partial charge in [0.15, 0.2) is 0 Å². The highest BCUT2D eigenvalue weighted by Gasteiger charge is 2.19. The number of aromatic amines is 1. The zero-order valence-electron chi connectivity index (χ0n) is 14.1. The summed E-state index contributed by atoms with van der Waals surface area (Å²) < 4.78 is 11.8. The van der Waals surface area contributed by atoms with Crippen LogP contribution in [0.1, 0.15) is 17.0 Å². The molecule has 1 atom stereocenters. The Morgan fingerprint density at radius 2 is 2.13 bits per heavy atom. The molecule has 5 nitrogen and oxygen atoms in total. The maximum Gasteiger partial charge on any atom is 0.222 e. The van der Waals surface area contributed by atoms with Crippen molar-refractivity contribution in [3.8, 4) is 5.88 Å². The highest BCUT2D eigenvalue weighted by molar-refractivity contribution is 9.09. The molecule has 0 aliphatic carbocycles. The van der Waals surface area contributed by atoms with Gasteiger partial charge in [-0.05, 0) is 31.1 Å². The third-order valence-electron chi connectivity index (χ3n) is 3.48. The van der Waals surface area contributed by atoms with Crippen molar-refractivity contribution in [2.45, 2.75) is 37.1 Å². The predicted molar refractivity (Wildman–Crippen MR) is 101 cm³/mol. The van der Waals surface area contributed by atoms with Crippen LogP contribution in [-0.2, 0) is 4.74 Å². The van der Waals surface area contributed by atoms with E-state index >= 15 is 0 Å². The van der Waals surface area contributed by atoms with Crippen molar-refractivity contribution < 1.29 is 9.47 Å². The number of ether oxygens (including phenoxy) is 2. The largest absolute Gasteiger partial charge is 0.477 e. The number of hydrogen-bond acceptors (Lipinski definition) is 4. The van der Waals surface area contributed by atoms with Crippen LogP contribution in [-0.4, -0.2) is 37.8 Å². The minimum atomic E-state index is -1.11. The third-order valence-corrected chi connectivity index (χ3v) is 5.94. The number of rotatable bonds is 9. The molecule has 0 spiro atoms. The lowest BCUT2D eigenvalue weighted by Gasteiger charge is -2.19. The number of hydrogen-bond donors (Lipinski definition) is 2. The lowest BCUT2D eigenvalue weighted by Crippen LogP contribution is -2.22. The Morgan fingerprint density at radius 3 is 2.83 bits per heavy atom. The minimum Gasteiger partial charge on any atom is -0.477 e. The van der Waals surface area contributed by atoms with E-state index in [4.69, 9.17) is 15.2 Å². The van der Waals surface area contributed by atoms with Crippen molar-refractivity contribution in [2.24, 2.45) is 5.73 Å². The zero-order valence-corrected chi connectivity index (χ0v) is 16.6. The van der Waals surface area contributed by atoms with Crippen molar-refractivity contribution in [3.05, 3.63) is 23.9 Å². The zero-order chi connectivity index (χ0) is 16.9. The van der Waals surface area contributed by atoms with Crippen LogP contribution in [0.5, 0.6) is 5.88 Å². The summed E-state index contributed by atoms with van der Waals surface area (Å²) in [5.41, 5.74) is 7.27. The molecule has 0 radical (unpaired) electrons. The summed E-state index contributed by atoms with van der Waals surface area (Å²) >= 11 is 3.63. The van der Waals surface area contributed by atoms with Crippen LogP contribution in [0.2, 0.25) is 25.7 Å². The van der Waals surface area contributed by atoms with Gasteiger partial charge in [-0.15, -0.1) is 0 Å². The molecule has 0 unspecified atom stereocenters. The molecular formula is C16H26BrN3O2Si. The summed E-state index contributed by atoms with van der Waals surface area (Å²) in [7, 11) is -1.11. The number of alkyl halides is 1. The van der Waals surface area contributed by atoms with E-state index in [-0.39, 0.29) is 5.01 Å². The third kappa shape index (κ3) is 5.60. The average molecular weight is 400 g/mol. The van der Waals surface area contributed by atoms with Crippen LogP contribution in [0.15, 0.2) is 18.3 Å². The fourth-order valence-electron chi connectivity index (χ4n) is 2.07. The first-order chi connectivity index (χ1) is 10.9. The average Bonchev–Trinajstić information content (AvgIpc) is 2.92.